The van der Waals surface area contributed by atoms with Crippen LogP contribution < -0.4 is 15.4 Å². The summed E-state index contributed by atoms with van der Waals surface area (Å²) in [6.07, 6.45) is 4.60. The fourth-order valence-corrected chi connectivity index (χ4v) is 3.93. The van der Waals surface area contributed by atoms with Gasteiger partial charge in [0.1, 0.15) is 5.75 Å². The van der Waals surface area contributed by atoms with Crippen LogP contribution in [0.5, 0.6) is 5.75 Å². The van der Waals surface area contributed by atoms with Crippen molar-refractivity contribution >= 4 is 23.4 Å². The lowest BCUT2D eigenvalue weighted by Gasteiger charge is -2.16. The van der Waals surface area contributed by atoms with E-state index in [1.807, 2.05) is 42.8 Å². The predicted molar refractivity (Wildman–Crippen MR) is 107 cm³/mol. The third kappa shape index (κ3) is 5.15. The van der Waals surface area contributed by atoms with Crippen molar-refractivity contribution in [3.63, 3.8) is 0 Å². The van der Waals surface area contributed by atoms with Crippen LogP contribution in [-0.4, -0.2) is 39.1 Å². The van der Waals surface area contributed by atoms with Crippen LogP contribution in [0.25, 0.3) is 0 Å². The maximum absolute atomic E-state index is 12.4. The Kier molecular flexibility index (Phi) is 6.60. The third-order valence-electron chi connectivity index (χ3n) is 4.82. The number of hydrogen-bond donors (Lipinski definition) is 2. The van der Waals surface area contributed by atoms with Crippen LogP contribution in [-0.2, 0) is 18.4 Å². The number of rotatable bonds is 8. The Bertz CT molecular complexity index is 756. The van der Waals surface area contributed by atoms with Gasteiger partial charge in [0.2, 0.25) is 5.91 Å². The second kappa shape index (κ2) is 9.12. The molecule has 3 rings (SSSR count). The highest BCUT2D eigenvalue weighted by molar-refractivity contribution is 8.00. The molecule has 1 aromatic heterocycles. The Labute approximate surface area is 164 Å². The first-order chi connectivity index (χ1) is 13.1. The molecule has 1 amide bonds. The summed E-state index contributed by atoms with van der Waals surface area (Å²) < 4.78 is 7.09. The van der Waals surface area contributed by atoms with Crippen LogP contribution in [0.2, 0.25) is 0 Å². The Morgan fingerprint density at radius 3 is 2.67 bits per heavy atom. The van der Waals surface area contributed by atoms with Gasteiger partial charge in [-0.1, -0.05) is 24.6 Å². The Hall–Kier alpha value is -2.22. The number of amides is 1. The quantitative estimate of drug-likeness (QED) is 0.676. The number of carbonyl (C=O) groups is 1. The highest BCUT2D eigenvalue weighted by Gasteiger charge is 2.23. The monoisotopic (exact) mass is 389 g/mol. The van der Waals surface area contributed by atoms with Gasteiger partial charge in [0.25, 0.3) is 0 Å². The van der Waals surface area contributed by atoms with E-state index >= 15 is 0 Å². The number of benzene rings is 1. The summed E-state index contributed by atoms with van der Waals surface area (Å²) >= 11 is 1.44. The summed E-state index contributed by atoms with van der Waals surface area (Å²) in [5, 5.41) is 15.5. The molecule has 1 atom stereocenters. The number of methoxy groups -OCH3 is 1. The zero-order valence-electron chi connectivity index (χ0n) is 16.1. The van der Waals surface area contributed by atoms with Crippen molar-refractivity contribution in [2.75, 3.05) is 12.4 Å². The first-order valence-electron chi connectivity index (χ1n) is 9.30. The molecule has 0 aliphatic heterocycles. The Morgan fingerprint density at radius 1 is 1.30 bits per heavy atom. The van der Waals surface area contributed by atoms with Crippen LogP contribution >= 0.6 is 11.8 Å². The van der Waals surface area contributed by atoms with Crippen molar-refractivity contribution in [3.8, 4) is 5.75 Å². The molecule has 8 heteroatoms. The second-order valence-electron chi connectivity index (χ2n) is 6.79. The van der Waals surface area contributed by atoms with Gasteiger partial charge in [0.15, 0.2) is 11.0 Å². The molecule has 1 aliphatic rings. The summed E-state index contributed by atoms with van der Waals surface area (Å²) in [6, 6.07) is 8.07. The predicted octanol–water partition coefficient (Wildman–Crippen LogP) is 2.98. The maximum Gasteiger partial charge on any atom is 0.233 e. The maximum atomic E-state index is 12.4. The van der Waals surface area contributed by atoms with E-state index in [0.717, 1.165) is 35.3 Å². The topological polar surface area (TPSA) is 81.1 Å². The number of hydrogen-bond acceptors (Lipinski definition) is 6. The molecule has 1 heterocycles. The molecule has 1 aliphatic carbocycles. The minimum absolute atomic E-state index is 0.0767. The molecule has 1 aromatic carbocycles. The molecular formula is C19H27N5O2S. The number of thioether (sulfide) groups is 1. The molecule has 2 N–H and O–H groups in total. The van der Waals surface area contributed by atoms with Crippen molar-refractivity contribution < 1.29 is 9.53 Å². The van der Waals surface area contributed by atoms with Gasteiger partial charge in [-0.3, -0.25) is 4.79 Å². The molecule has 146 valence electrons. The van der Waals surface area contributed by atoms with Gasteiger partial charge in [-0.15, -0.1) is 10.2 Å². The minimum atomic E-state index is -0.198. The number of nitrogens with one attached hydrogen (secondary N) is 2. The average molecular weight is 390 g/mol. The van der Waals surface area contributed by atoms with Gasteiger partial charge in [0.05, 0.1) is 18.9 Å². The second-order valence-corrected chi connectivity index (χ2v) is 8.10. The van der Waals surface area contributed by atoms with Gasteiger partial charge in [0, 0.05) is 18.8 Å². The van der Waals surface area contributed by atoms with Crippen LogP contribution in [0.4, 0.5) is 5.69 Å². The van der Waals surface area contributed by atoms with Crippen LogP contribution in [0.1, 0.15) is 38.4 Å². The van der Waals surface area contributed by atoms with E-state index in [9.17, 15) is 4.79 Å². The van der Waals surface area contributed by atoms with E-state index in [0.29, 0.717) is 12.6 Å². The first kappa shape index (κ1) is 19.5. The van der Waals surface area contributed by atoms with Crippen LogP contribution in [0.3, 0.4) is 0 Å². The van der Waals surface area contributed by atoms with E-state index in [1.165, 1.54) is 24.6 Å². The number of carbonyl (C=O) groups excluding carboxylic acids is 1. The molecule has 0 unspecified atom stereocenters. The smallest absolute Gasteiger partial charge is 0.233 e. The molecule has 27 heavy (non-hydrogen) atoms. The summed E-state index contributed by atoms with van der Waals surface area (Å²) in [6.45, 7) is 2.47. The summed E-state index contributed by atoms with van der Waals surface area (Å²) in [7, 11) is 3.57. The zero-order valence-corrected chi connectivity index (χ0v) is 16.9. The molecule has 2 aromatic rings. The first-order valence-corrected chi connectivity index (χ1v) is 10.2. The number of ether oxygens (including phenoxy) is 1. The van der Waals surface area contributed by atoms with E-state index < -0.39 is 0 Å². The van der Waals surface area contributed by atoms with Gasteiger partial charge in [-0.2, -0.15) is 0 Å². The summed E-state index contributed by atoms with van der Waals surface area (Å²) in [5.74, 6) is 1.72. The third-order valence-corrected chi connectivity index (χ3v) is 5.95. The van der Waals surface area contributed by atoms with Crippen LogP contribution in [0.15, 0.2) is 29.4 Å². The lowest BCUT2D eigenvalue weighted by Crippen LogP contribution is -2.37. The molecule has 1 fully saturated rings. The normalized spacial score (nSPS) is 15.5. The molecular weight excluding hydrogens is 362 g/mol. The van der Waals surface area contributed by atoms with Crippen molar-refractivity contribution in [1.82, 2.24) is 20.1 Å². The van der Waals surface area contributed by atoms with E-state index in [2.05, 4.69) is 20.8 Å². The van der Waals surface area contributed by atoms with Crippen molar-refractivity contribution in [3.05, 3.63) is 30.1 Å². The Balaban J connectivity index is 1.53. The number of aromatic nitrogens is 3. The lowest BCUT2D eigenvalue weighted by atomic mass is 10.2. The SMILES string of the molecule is COc1ccc(NCc2nnc(S[C@@H](C)C(=O)NC3CCCC3)n2C)cc1. The number of anilines is 1. The molecule has 7 nitrogen and oxygen atoms in total. The highest BCUT2D eigenvalue weighted by atomic mass is 32.2. The minimum Gasteiger partial charge on any atom is -0.497 e. The van der Waals surface area contributed by atoms with Gasteiger partial charge >= 0.3 is 0 Å². The molecule has 0 spiro atoms. The Morgan fingerprint density at radius 2 is 2.00 bits per heavy atom. The standard InChI is InChI=1S/C19H27N5O2S/c1-13(18(25)21-15-6-4-5-7-15)27-19-23-22-17(24(19)2)12-20-14-8-10-16(26-3)11-9-14/h8-11,13,15,20H,4-7,12H2,1-3H3,(H,21,25)/t13-/m0/s1. The van der Waals surface area contributed by atoms with E-state index in [1.54, 1.807) is 7.11 Å². The van der Waals surface area contributed by atoms with E-state index in [4.69, 9.17) is 4.74 Å². The summed E-state index contributed by atoms with van der Waals surface area (Å²) in [5.41, 5.74) is 0.984. The zero-order chi connectivity index (χ0) is 19.2. The van der Waals surface area contributed by atoms with E-state index in [-0.39, 0.29) is 11.2 Å². The molecule has 0 saturated heterocycles. The molecule has 0 radical (unpaired) electrons. The van der Waals surface area contributed by atoms with Gasteiger partial charge < -0.3 is 19.9 Å². The van der Waals surface area contributed by atoms with Gasteiger partial charge in [-0.25, -0.2) is 0 Å². The number of nitrogens with zero attached hydrogens (tertiary/aromatic N) is 3. The summed E-state index contributed by atoms with van der Waals surface area (Å²) in [4.78, 5) is 12.4. The van der Waals surface area contributed by atoms with Gasteiger partial charge in [-0.05, 0) is 44.0 Å². The highest BCUT2D eigenvalue weighted by Crippen LogP contribution is 2.24. The van der Waals surface area contributed by atoms with Crippen molar-refractivity contribution in [2.45, 2.75) is 55.6 Å². The molecule has 0 bridgehead atoms. The van der Waals surface area contributed by atoms with Crippen molar-refractivity contribution in [2.24, 2.45) is 7.05 Å². The largest absolute Gasteiger partial charge is 0.497 e. The molecule has 1 saturated carbocycles. The fraction of sp³-hybridized carbons (Fsp3) is 0.526. The lowest BCUT2D eigenvalue weighted by molar-refractivity contribution is -0.120. The average Bonchev–Trinajstić information content (AvgIpc) is 3.31. The van der Waals surface area contributed by atoms with Crippen molar-refractivity contribution in [1.29, 1.82) is 0 Å². The van der Waals surface area contributed by atoms with Crippen LogP contribution in [0, 0.1) is 0 Å². The fourth-order valence-electron chi connectivity index (χ4n) is 3.09.